The summed E-state index contributed by atoms with van der Waals surface area (Å²) in [5, 5.41) is 12.4. The first-order valence-electron chi connectivity index (χ1n) is 11.6. The molecule has 0 spiro atoms. The molecule has 1 aromatic heterocycles. The molecule has 2 aromatic rings. The van der Waals surface area contributed by atoms with Gasteiger partial charge in [-0.25, -0.2) is 14.4 Å². The first-order chi connectivity index (χ1) is 17.5. The van der Waals surface area contributed by atoms with Gasteiger partial charge in [0.2, 0.25) is 0 Å². The second kappa shape index (κ2) is 12.3. The molecule has 1 aromatic carbocycles. The normalized spacial score (nSPS) is 20.5. The van der Waals surface area contributed by atoms with Gasteiger partial charge in [0.15, 0.2) is 0 Å². The van der Waals surface area contributed by atoms with Crippen molar-refractivity contribution in [1.29, 1.82) is 0 Å². The number of aliphatic hydroxyl groups is 1. The number of nitrogens with zero attached hydrogens (tertiary/aromatic N) is 1. The molecule has 1 aliphatic heterocycles. The maximum Gasteiger partial charge on any atom is 0.408 e. The lowest BCUT2D eigenvalue weighted by atomic mass is 10.1. The quantitative estimate of drug-likeness (QED) is 0.403. The number of aliphatic hydroxyl groups excluding tert-OH is 1. The summed E-state index contributed by atoms with van der Waals surface area (Å²) in [6.45, 7) is 4.63. The van der Waals surface area contributed by atoms with Crippen LogP contribution in [-0.2, 0) is 25.4 Å². The van der Waals surface area contributed by atoms with Crippen LogP contribution in [0.3, 0.4) is 0 Å². The largest absolute Gasteiger partial charge is 0.458 e. The molecule has 1 aliphatic rings. The Kier molecular flexibility index (Phi) is 9.46. The second-order valence-corrected chi connectivity index (χ2v) is 9.98. The Labute approximate surface area is 221 Å². The van der Waals surface area contributed by atoms with Crippen LogP contribution in [0.5, 0.6) is 0 Å². The van der Waals surface area contributed by atoms with E-state index in [-0.39, 0.29) is 18.4 Å². The van der Waals surface area contributed by atoms with Crippen LogP contribution in [0.15, 0.2) is 51.1 Å². The fourth-order valence-electron chi connectivity index (χ4n) is 3.78. The zero-order valence-electron chi connectivity index (χ0n) is 20.7. The highest BCUT2D eigenvalue weighted by molar-refractivity contribution is 9.11. The number of halogens is 1. The van der Waals surface area contributed by atoms with Crippen LogP contribution in [0.25, 0.3) is 6.08 Å². The van der Waals surface area contributed by atoms with Crippen molar-refractivity contribution in [2.75, 3.05) is 6.61 Å². The highest BCUT2D eigenvalue weighted by atomic mass is 79.9. The number of aromatic nitrogens is 2. The molecule has 0 bridgehead atoms. The number of esters is 1. The molecule has 4 atom stereocenters. The number of benzene rings is 1. The molecule has 0 unspecified atom stereocenters. The van der Waals surface area contributed by atoms with E-state index >= 15 is 0 Å². The van der Waals surface area contributed by atoms with Gasteiger partial charge in [0.25, 0.3) is 5.56 Å². The van der Waals surface area contributed by atoms with Crippen molar-refractivity contribution in [2.24, 2.45) is 0 Å². The van der Waals surface area contributed by atoms with Crippen molar-refractivity contribution >= 4 is 34.1 Å². The monoisotopic (exact) mass is 579 g/mol. The van der Waals surface area contributed by atoms with Gasteiger partial charge < -0.3 is 24.6 Å². The van der Waals surface area contributed by atoms with Crippen molar-refractivity contribution in [3.05, 3.63) is 73.5 Å². The molecule has 12 heteroatoms. The number of hydrogen-bond donors (Lipinski definition) is 3. The molecule has 3 N–H and O–H groups in total. The summed E-state index contributed by atoms with van der Waals surface area (Å²) in [5.41, 5.74) is -1.07. The molecular formula is C25H30BrN3O8. The predicted molar refractivity (Wildman–Crippen MR) is 138 cm³/mol. The van der Waals surface area contributed by atoms with E-state index in [9.17, 15) is 24.3 Å². The minimum absolute atomic E-state index is 0.0326. The Balaban J connectivity index is 1.79. The number of carbonyl (C=O) groups excluding carboxylic acids is 2. The molecule has 0 aliphatic carbocycles. The first kappa shape index (κ1) is 28.4. The average Bonchev–Trinajstić information content (AvgIpc) is 3.22. The molecule has 3 rings (SSSR count). The van der Waals surface area contributed by atoms with E-state index in [2.05, 4.69) is 26.2 Å². The van der Waals surface area contributed by atoms with Crippen molar-refractivity contribution in [2.45, 2.75) is 63.7 Å². The molecule has 0 saturated carbocycles. The average molecular weight is 580 g/mol. The minimum Gasteiger partial charge on any atom is -0.458 e. The van der Waals surface area contributed by atoms with Gasteiger partial charge in [0.05, 0.1) is 12.2 Å². The maximum absolute atomic E-state index is 13.2. The SMILES string of the molecule is CC(C)(C)OC(=O)N[C@@H](Cc1ccccc1)C(=O)O[C@H]1C[C@H](n2cc(/C=C/Br)c(=O)[nH]c2=O)O[C@@H]1CO. The van der Waals surface area contributed by atoms with Crippen molar-refractivity contribution < 1.29 is 28.9 Å². The Hall–Kier alpha value is -3.22. The van der Waals surface area contributed by atoms with E-state index in [1.165, 1.54) is 21.8 Å². The molecule has 1 saturated heterocycles. The second-order valence-electron chi connectivity index (χ2n) is 9.45. The van der Waals surface area contributed by atoms with Crippen molar-refractivity contribution in [3.63, 3.8) is 0 Å². The number of ether oxygens (including phenoxy) is 3. The highest BCUT2D eigenvalue weighted by Gasteiger charge is 2.40. The summed E-state index contributed by atoms with van der Waals surface area (Å²) in [5.74, 6) is -0.751. The Morgan fingerprint density at radius 3 is 2.62 bits per heavy atom. The number of amides is 1. The summed E-state index contributed by atoms with van der Waals surface area (Å²) >= 11 is 3.09. The van der Waals surface area contributed by atoms with E-state index in [1.54, 1.807) is 20.8 Å². The summed E-state index contributed by atoms with van der Waals surface area (Å²) in [4.78, 5) is 53.7. The van der Waals surface area contributed by atoms with Gasteiger partial charge in [0, 0.05) is 19.0 Å². The predicted octanol–water partition coefficient (Wildman–Crippen LogP) is 2.23. The number of carbonyl (C=O) groups is 2. The fourth-order valence-corrected chi connectivity index (χ4v) is 4.07. The lowest BCUT2D eigenvalue weighted by Gasteiger charge is -2.24. The zero-order chi connectivity index (χ0) is 27.2. The molecule has 37 heavy (non-hydrogen) atoms. The van der Waals surface area contributed by atoms with E-state index in [0.717, 1.165) is 5.56 Å². The van der Waals surface area contributed by atoms with Crippen LogP contribution in [0.1, 0.15) is 44.5 Å². The van der Waals surface area contributed by atoms with Gasteiger partial charge in [0.1, 0.15) is 30.1 Å². The topological polar surface area (TPSA) is 149 Å². The summed E-state index contributed by atoms with van der Waals surface area (Å²) in [6.07, 6.45) is -0.583. The highest BCUT2D eigenvalue weighted by Crippen LogP contribution is 2.30. The zero-order valence-corrected chi connectivity index (χ0v) is 22.3. The van der Waals surface area contributed by atoms with Crippen LogP contribution in [-0.4, -0.2) is 57.2 Å². The first-order valence-corrected chi connectivity index (χ1v) is 12.5. The third kappa shape index (κ3) is 7.88. The lowest BCUT2D eigenvalue weighted by Crippen LogP contribution is -2.47. The molecule has 2 heterocycles. The van der Waals surface area contributed by atoms with E-state index in [1.807, 2.05) is 30.3 Å². The summed E-state index contributed by atoms with van der Waals surface area (Å²) in [7, 11) is 0. The number of rotatable bonds is 8. The maximum atomic E-state index is 13.2. The summed E-state index contributed by atoms with van der Waals surface area (Å²) < 4.78 is 17.9. The number of H-pyrrole nitrogens is 1. The third-order valence-corrected chi connectivity index (χ3v) is 5.70. The number of alkyl carbamates (subject to hydrolysis) is 1. The standard InChI is InChI=1S/C25H30BrN3O8/c1-25(2,3)37-24(34)27-17(11-15-7-5-4-6-8-15)22(32)36-18-12-20(35-19(18)14-30)29-13-16(9-10-26)21(31)28-23(29)33/h4-10,13,17-20,30H,11-12,14H2,1-3H3,(H,27,34)(H,28,31,33)/b10-9+/t17-,18-,19+,20+/m0/s1. The molecule has 0 radical (unpaired) electrons. The van der Waals surface area contributed by atoms with Crippen LogP contribution in [0.4, 0.5) is 4.79 Å². The molecule has 200 valence electrons. The van der Waals surface area contributed by atoms with E-state index in [4.69, 9.17) is 14.2 Å². The van der Waals surface area contributed by atoms with Crippen LogP contribution in [0, 0.1) is 0 Å². The van der Waals surface area contributed by atoms with Crippen LogP contribution in [0.2, 0.25) is 0 Å². The van der Waals surface area contributed by atoms with E-state index in [0.29, 0.717) is 0 Å². The van der Waals surface area contributed by atoms with Gasteiger partial charge in [-0.2, -0.15) is 0 Å². The van der Waals surface area contributed by atoms with E-state index < -0.39 is 60.0 Å². The minimum atomic E-state index is -1.08. The van der Waals surface area contributed by atoms with Gasteiger partial charge >= 0.3 is 17.8 Å². The van der Waals surface area contributed by atoms with Gasteiger partial charge in [-0.1, -0.05) is 46.3 Å². The van der Waals surface area contributed by atoms with Gasteiger partial charge in [-0.15, -0.1) is 0 Å². The number of hydrogen-bond acceptors (Lipinski definition) is 8. The number of aromatic amines is 1. The van der Waals surface area contributed by atoms with Crippen molar-refractivity contribution in [3.8, 4) is 0 Å². The Morgan fingerprint density at radius 1 is 1.30 bits per heavy atom. The summed E-state index contributed by atoms with van der Waals surface area (Å²) in [6, 6.07) is 7.99. The fraction of sp³-hybridized carbons (Fsp3) is 0.440. The van der Waals surface area contributed by atoms with Crippen LogP contribution >= 0.6 is 15.9 Å². The van der Waals surface area contributed by atoms with Gasteiger partial charge in [-0.05, 0) is 37.4 Å². The Bertz CT molecular complexity index is 1230. The lowest BCUT2D eigenvalue weighted by molar-refractivity contribution is -0.155. The Morgan fingerprint density at radius 2 is 2.00 bits per heavy atom. The van der Waals surface area contributed by atoms with Crippen LogP contribution < -0.4 is 16.6 Å². The molecule has 1 fully saturated rings. The van der Waals surface area contributed by atoms with Gasteiger partial charge in [-0.3, -0.25) is 14.3 Å². The molecular weight excluding hydrogens is 550 g/mol. The molecule has 11 nitrogen and oxygen atoms in total. The van der Waals surface area contributed by atoms with Crippen molar-refractivity contribution in [1.82, 2.24) is 14.9 Å². The molecule has 1 amide bonds. The number of nitrogens with one attached hydrogen (secondary N) is 2. The smallest absolute Gasteiger partial charge is 0.408 e. The third-order valence-electron chi connectivity index (χ3n) is 5.43.